The first-order valence-corrected chi connectivity index (χ1v) is 23.0. The maximum atomic E-state index is 3.78. The van der Waals surface area contributed by atoms with Crippen molar-refractivity contribution in [1.82, 2.24) is 0 Å². The van der Waals surface area contributed by atoms with Crippen molar-refractivity contribution in [3.05, 3.63) is 66.2 Å². The Morgan fingerprint density at radius 1 is 0.476 bits per heavy atom. The van der Waals surface area contributed by atoms with E-state index in [1.165, 1.54) is 0 Å². The fourth-order valence-corrected chi connectivity index (χ4v) is 28.6. The Morgan fingerprint density at radius 2 is 0.762 bits per heavy atom. The van der Waals surface area contributed by atoms with E-state index < -0.39 is 16.1 Å². The number of rotatable bonds is 8. The minimum atomic E-state index is -1.66. The van der Waals surface area contributed by atoms with Crippen molar-refractivity contribution in [3.63, 3.8) is 0 Å². The van der Waals surface area contributed by atoms with Gasteiger partial charge in [0.25, 0.3) is 0 Å². The molecule has 1 aromatic carbocycles. The van der Waals surface area contributed by atoms with Gasteiger partial charge in [-0.25, -0.2) is 0 Å². The molecule has 0 bridgehead atoms. The Kier molecular flexibility index (Phi) is 12.3. The van der Waals surface area contributed by atoms with Crippen molar-refractivity contribution in [1.29, 1.82) is 0 Å². The second-order valence-corrected chi connectivity index (χ2v) is 29.8. The molecule has 0 aliphatic carbocycles. The van der Waals surface area contributed by atoms with E-state index in [1.54, 1.807) is 9.00 Å². The smallest absolute Gasteiger partial charge is 0.107 e. The first-order valence-electron chi connectivity index (χ1n) is 15.3. The average Bonchev–Trinajstić information content (AvgIpc) is 3.53. The van der Waals surface area contributed by atoms with Crippen molar-refractivity contribution < 1.29 is 0 Å². The molecule has 3 rings (SSSR count). The molecule has 0 radical (unpaired) electrons. The molecule has 0 saturated carbocycles. The molecular weight excluding hydrogens is 713 g/mol. The van der Waals surface area contributed by atoms with Crippen molar-refractivity contribution in [2.75, 3.05) is 0 Å². The summed E-state index contributed by atoms with van der Waals surface area (Å²) in [5.74, 6) is 13.8. The monoisotopic (exact) mass is 758 g/mol. The van der Waals surface area contributed by atoms with Gasteiger partial charge in [-0.05, 0) is 98.4 Å². The minimum Gasteiger partial charge on any atom is -0.136 e. The highest BCUT2D eigenvalue weighted by Crippen LogP contribution is 2.43. The topological polar surface area (TPSA) is 0 Å². The summed E-state index contributed by atoms with van der Waals surface area (Å²) in [5.41, 5.74) is 6.13. The molecule has 0 atom stereocenters. The van der Waals surface area contributed by atoms with Crippen molar-refractivity contribution >= 4 is 79.7 Å². The number of benzene rings is 1. The Labute approximate surface area is 283 Å². The van der Waals surface area contributed by atoms with E-state index in [0.29, 0.717) is 33.2 Å². The van der Waals surface area contributed by atoms with Gasteiger partial charge in [-0.15, -0.1) is 22.7 Å². The van der Waals surface area contributed by atoms with Crippen LogP contribution in [0.3, 0.4) is 0 Å². The van der Waals surface area contributed by atoms with E-state index >= 15 is 0 Å². The van der Waals surface area contributed by atoms with E-state index in [0.717, 1.165) is 29.8 Å². The molecule has 6 heteroatoms. The molecule has 0 nitrogen and oxygen atoms in total. The van der Waals surface area contributed by atoms with Gasteiger partial charge in [-0.1, -0.05) is 119 Å². The van der Waals surface area contributed by atoms with Crippen molar-refractivity contribution in [3.8, 4) is 23.7 Å². The van der Waals surface area contributed by atoms with Gasteiger partial charge in [0.1, 0.15) is 16.1 Å². The number of hydrogen-bond acceptors (Lipinski definition) is 2. The standard InChI is InChI=1S/C36H48Br2S2Si2/c1-23(2)41(24(3)4,25(5)6)35-19-17-31(39-35)15-13-29-21-34(38)30(22-33(29)37)14-16-32-18-20-36(40-32)42(26(7)8,27(9)10)28(11)12/h17-28H,1-12H3. The molecular formula is C36H48Br2S2Si2. The third-order valence-electron chi connectivity index (χ3n) is 9.50. The molecule has 226 valence electrons. The summed E-state index contributed by atoms with van der Waals surface area (Å²) in [6, 6.07) is 13.4. The largest absolute Gasteiger partial charge is 0.136 e. The first kappa shape index (κ1) is 35.6. The third-order valence-corrected chi connectivity index (χ3v) is 28.7. The van der Waals surface area contributed by atoms with Crippen LogP contribution < -0.4 is 9.00 Å². The maximum absolute atomic E-state index is 3.78. The van der Waals surface area contributed by atoms with Gasteiger partial charge in [0.15, 0.2) is 0 Å². The molecule has 0 fully saturated rings. The molecule has 0 N–H and O–H groups in total. The fourth-order valence-electron chi connectivity index (χ4n) is 7.98. The second kappa shape index (κ2) is 14.5. The van der Waals surface area contributed by atoms with Gasteiger partial charge in [0, 0.05) is 20.1 Å². The lowest BCUT2D eigenvalue weighted by Gasteiger charge is -2.42. The predicted molar refractivity (Wildman–Crippen MR) is 204 cm³/mol. The SMILES string of the molecule is CC(C)[Si](c1ccc(C#Cc2cc(Br)c(C#Cc3ccc([Si](C(C)C)(C(C)C)C(C)C)s3)cc2Br)s1)(C(C)C)C(C)C. The van der Waals surface area contributed by atoms with Gasteiger partial charge < -0.3 is 0 Å². The van der Waals surface area contributed by atoms with E-state index in [2.05, 4.69) is 175 Å². The minimum absolute atomic E-state index is 0.696. The summed E-state index contributed by atoms with van der Waals surface area (Å²) in [7, 11) is -3.32. The lowest BCUT2D eigenvalue weighted by atomic mass is 10.1. The van der Waals surface area contributed by atoms with Gasteiger partial charge in [0.05, 0.1) is 9.75 Å². The van der Waals surface area contributed by atoms with Crippen LogP contribution in [0.1, 0.15) is 104 Å². The molecule has 0 spiro atoms. The average molecular weight is 761 g/mol. The lowest BCUT2D eigenvalue weighted by molar-refractivity contribution is 0.837. The summed E-state index contributed by atoms with van der Waals surface area (Å²) < 4.78 is 5.13. The van der Waals surface area contributed by atoms with Crippen LogP contribution in [0.5, 0.6) is 0 Å². The maximum Gasteiger partial charge on any atom is 0.107 e. The lowest BCUT2D eigenvalue weighted by Crippen LogP contribution is -2.54. The second-order valence-electron chi connectivity index (χ2n) is 13.4. The van der Waals surface area contributed by atoms with Crippen LogP contribution in [0, 0.1) is 23.7 Å². The highest BCUT2D eigenvalue weighted by atomic mass is 79.9. The van der Waals surface area contributed by atoms with Gasteiger partial charge in [0.2, 0.25) is 0 Å². The Balaban J connectivity index is 1.90. The summed E-state index contributed by atoms with van der Waals surface area (Å²) in [6.07, 6.45) is 0. The highest BCUT2D eigenvalue weighted by molar-refractivity contribution is 9.11. The molecule has 0 aliphatic rings. The molecule has 0 unspecified atom stereocenters. The van der Waals surface area contributed by atoms with Gasteiger partial charge >= 0.3 is 0 Å². The van der Waals surface area contributed by atoms with E-state index in [9.17, 15) is 0 Å². The summed E-state index contributed by atoms with van der Waals surface area (Å²) in [4.78, 5) is 2.29. The first-order chi connectivity index (χ1) is 19.6. The van der Waals surface area contributed by atoms with Crippen LogP contribution >= 0.6 is 54.5 Å². The number of hydrogen-bond donors (Lipinski definition) is 0. The molecule has 42 heavy (non-hydrogen) atoms. The van der Waals surface area contributed by atoms with Crippen LogP contribution in [-0.4, -0.2) is 16.1 Å². The number of thiophene rings is 2. The van der Waals surface area contributed by atoms with E-state index in [-0.39, 0.29) is 0 Å². The van der Waals surface area contributed by atoms with Gasteiger partial charge in [-0.3, -0.25) is 0 Å². The van der Waals surface area contributed by atoms with Crippen LogP contribution in [0.15, 0.2) is 45.3 Å². The van der Waals surface area contributed by atoms with Crippen molar-refractivity contribution in [2.45, 2.75) is 116 Å². The van der Waals surface area contributed by atoms with Crippen LogP contribution in [0.2, 0.25) is 33.2 Å². The van der Waals surface area contributed by atoms with Crippen LogP contribution in [-0.2, 0) is 0 Å². The Morgan fingerprint density at radius 3 is 1.02 bits per heavy atom. The van der Waals surface area contributed by atoms with Crippen molar-refractivity contribution in [2.24, 2.45) is 0 Å². The molecule has 2 aromatic heterocycles. The summed E-state index contributed by atoms with van der Waals surface area (Å²) >= 11 is 11.4. The Bertz CT molecular complexity index is 1340. The summed E-state index contributed by atoms with van der Waals surface area (Å²) in [5, 5.41) is 0. The Hall–Kier alpha value is -0.866. The zero-order valence-electron chi connectivity index (χ0n) is 27.5. The van der Waals surface area contributed by atoms with E-state index in [1.807, 2.05) is 22.7 Å². The molecule has 0 saturated heterocycles. The number of halogens is 2. The molecule has 2 heterocycles. The van der Waals surface area contributed by atoms with Crippen LogP contribution in [0.25, 0.3) is 0 Å². The quantitative estimate of drug-likeness (QED) is 0.158. The normalized spacial score (nSPS) is 12.5. The molecule has 0 aliphatic heterocycles. The van der Waals surface area contributed by atoms with Gasteiger partial charge in [-0.2, -0.15) is 0 Å². The fraction of sp³-hybridized carbons (Fsp3) is 0.500. The molecule has 3 aromatic rings. The van der Waals surface area contributed by atoms with Crippen LogP contribution in [0.4, 0.5) is 0 Å². The zero-order chi connectivity index (χ0) is 31.6. The predicted octanol–water partition coefficient (Wildman–Crippen LogP) is 11.9. The summed E-state index contributed by atoms with van der Waals surface area (Å²) in [6.45, 7) is 29.1. The zero-order valence-corrected chi connectivity index (χ0v) is 34.3. The molecule has 0 amide bonds. The highest BCUT2D eigenvalue weighted by Gasteiger charge is 2.46. The third kappa shape index (κ3) is 6.85. The van der Waals surface area contributed by atoms with E-state index in [4.69, 9.17) is 0 Å².